The topological polar surface area (TPSA) is 59.1 Å². The highest BCUT2D eigenvalue weighted by molar-refractivity contribution is 5.95. The molecule has 6 nitrogen and oxygen atoms in total. The number of ether oxygens (including phenoxy) is 2. The van der Waals surface area contributed by atoms with Crippen molar-refractivity contribution in [3.05, 3.63) is 59.7 Å². The number of para-hydroxylation sites is 2. The molecule has 1 saturated heterocycles. The maximum Gasteiger partial charge on any atom is 0.260 e. The van der Waals surface area contributed by atoms with Gasteiger partial charge < -0.3 is 19.3 Å². The summed E-state index contributed by atoms with van der Waals surface area (Å²) in [6.07, 6.45) is 0. The SMILES string of the molecule is CCOc1ccccc1OCC(=O)N1CCN(C(=O)c2ccccc2C)CC1. The molecule has 0 spiro atoms. The molecule has 1 fully saturated rings. The van der Waals surface area contributed by atoms with Gasteiger partial charge in [-0.2, -0.15) is 0 Å². The Labute approximate surface area is 165 Å². The lowest BCUT2D eigenvalue weighted by Crippen LogP contribution is -2.51. The van der Waals surface area contributed by atoms with Gasteiger partial charge in [0.2, 0.25) is 0 Å². The summed E-state index contributed by atoms with van der Waals surface area (Å²) in [6.45, 7) is 6.38. The van der Waals surface area contributed by atoms with Gasteiger partial charge in [0.05, 0.1) is 6.61 Å². The Balaban J connectivity index is 1.52. The van der Waals surface area contributed by atoms with Crippen LogP contribution in [0.2, 0.25) is 0 Å². The predicted molar refractivity (Wildman–Crippen MR) is 107 cm³/mol. The number of hydrogen-bond acceptors (Lipinski definition) is 4. The summed E-state index contributed by atoms with van der Waals surface area (Å²) in [5.74, 6) is 1.12. The molecule has 0 N–H and O–H groups in total. The van der Waals surface area contributed by atoms with Crippen molar-refractivity contribution in [1.29, 1.82) is 0 Å². The molecule has 0 atom stereocenters. The van der Waals surface area contributed by atoms with E-state index in [9.17, 15) is 9.59 Å². The molecule has 1 heterocycles. The van der Waals surface area contributed by atoms with Crippen LogP contribution in [0, 0.1) is 6.92 Å². The van der Waals surface area contributed by atoms with Crippen LogP contribution >= 0.6 is 0 Å². The van der Waals surface area contributed by atoms with Crippen LogP contribution in [-0.2, 0) is 4.79 Å². The third kappa shape index (κ3) is 4.63. The Morgan fingerprint density at radius 1 is 0.857 bits per heavy atom. The van der Waals surface area contributed by atoms with Crippen LogP contribution in [0.15, 0.2) is 48.5 Å². The van der Waals surface area contributed by atoms with E-state index in [1.54, 1.807) is 15.9 Å². The summed E-state index contributed by atoms with van der Waals surface area (Å²) >= 11 is 0. The first kappa shape index (κ1) is 19.7. The predicted octanol–water partition coefficient (Wildman–Crippen LogP) is 2.76. The quantitative estimate of drug-likeness (QED) is 0.771. The van der Waals surface area contributed by atoms with E-state index in [4.69, 9.17) is 9.47 Å². The second-order valence-corrected chi connectivity index (χ2v) is 6.66. The number of hydrogen-bond donors (Lipinski definition) is 0. The number of benzene rings is 2. The fourth-order valence-electron chi connectivity index (χ4n) is 3.22. The minimum atomic E-state index is -0.0886. The number of amides is 2. The number of aryl methyl sites for hydroxylation is 1. The minimum absolute atomic E-state index is 0.0205. The maximum absolute atomic E-state index is 12.7. The summed E-state index contributed by atoms with van der Waals surface area (Å²) < 4.78 is 11.2. The van der Waals surface area contributed by atoms with Gasteiger partial charge in [0.1, 0.15) is 0 Å². The Hall–Kier alpha value is -3.02. The summed E-state index contributed by atoms with van der Waals surface area (Å²) in [4.78, 5) is 28.7. The van der Waals surface area contributed by atoms with Crippen LogP contribution in [-0.4, -0.2) is 61.0 Å². The Kier molecular flexibility index (Phi) is 6.53. The highest BCUT2D eigenvalue weighted by Crippen LogP contribution is 2.26. The van der Waals surface area contributed by atoms with E-state index in [0.717, 1.165) is 11.1 Å². The van der Waals surface area contributed by atoms with E-state index >= 15 is 0 Å². The van der Waals surface area contributed by atoms with Crippen LogP contribution in [0.4, 0.5) is 0 Å². The van der Waals surface area contributed by atoms with Crippen molar-refractivity contribution >= 4 is 11.8 Å². The molecule has 6 heteroatoms. The molecule has 148 valence electrons. The first-order chi connectivity index (χ1) is 13.6. The molecule has 1 aliphatic rings. The van der Waals surface area contributed by atoms with Crippen LogP contribution in [0.25, 0.3) is 0 Å². The lowest BCUT2D eigenvalue weighted by molar-refractivity contribution is -0.134. The zero-order valence-corrected chi connectivity index (χ0v) is 16.4. The van der Waals surface area contributed by atoms with Gasteiger partial charge in [-0.3, -0.25) is 9.59 Å². The van der Waals surface area contributed by atoms with Crippen LogP contribution in [0.1, 0.15) is 22.8 Å². The fourth-order valence-corrected chi connectivity index (χ4v) is 3.22. The number of rotatable bonds is 6. The molecular formula is C22H26N2O4. The molecule has 2 aromatic carbocycles. The summed E-state index contributed by atoms with van der Waals surface area (Å²) in [6, 6.07) is 14.9. The molecule has 0 saturated carbocycles. The molecular weight excluding hydrogens is 356 g/mol. The molecule has 0 radical (unpaired) electrons. The minimum Gasteiger partial charge on any atom is -0.490 e. The van der Waals surface area contributed by atoms with E-state index in [-0.39, 0.29) is 18.4 Å². The number of carbonyl (C=O) groups excluding carboxylic acids is 2. The van der Waals surface area contributed by atoms with E-state index in [2.05, 4.69) is 0 Å². The van der Waals surface area contributed by atoms with Gasteiger partial charge in [-0.15, -0.1) is 0 Å². The normalized spacial score (nSPS) is 13.9. The van der Waals surface area contributed by atoms with Crippen LogP contribution < -0.4 is 9.47 Å². The van der Waals surface area contributed by atoms with Gasteiger partial charge in [0.15, 0.2) is 18.1 Å². The van der Waals surface area contributed by atoms with Crippen molar-refractivity contribution in [2.24, 2.45) is 0 Å². The van der Waals surface area contributed by atoms with Crippen LogP contribution in [0.5, 0.6) is 11.5 Å². The van der Waals surface area contributed by atoms with E-state index in [1.165, 1.54) is 0 Å². The van der Waals surface area contributed by atoms with Crippen molar-refractivity contribution in [3.63, 3.8) is 0 Å². The van der Waals surface area contributed by atoms with Gasteiger partial charge in [-0.25, -0.2) is 0 Å². The van der Waals surface area contributed by atoms with E-state index < -0.39 is 0 Å². The molecule has 28 heavy (non-hydrogen) atoms. The van der Waals surface area contributed by atoms with Gasteiger partial charge in [0.25, 0.3) is 11.8 Å². The molecule has 2 amide bonds. The Morgan fingerprint density at radius 3 is 2.07 bits per heavy atom. The lowest BCUT2D eigenvalue weighted by atomic mass is 10.1. The molecule has 0 aromatic heterocycles. The van der Waals surface area contributed by atoms with E-state index in [0.29, 0.717) is 44.3 Å². The van der Waals surface area contributed by atoms with Crippen molar-refractivity contribution in [2.45, 2.75) is 13.8 Å². The Bertz CT molecular complexity index is 829. The monoisotopic (exact) mass is 382 g/mol. The second kappa shape index (κ2) is 9.26. The lowest BCUT2D eigenvalue weighted by Gasteiger charge is -2.35. The molecule has 0 unspecified atom stereocenters. The van der Waals surface area contributed by atoms with Gasteiger partial charge in [0, 0.05) is 31.7 Å². The zero-order chi connectivity index (χ0) is 19.9. The van der Waals surface area contributed by atoms with Crippen LogP contribution in [0.3, 0.4) is 0 Å². The molecule has 0 aliphatic carbocycles. The van der Waals surface area contributed by atoms with Gasteiger partial charge in [-0.05, 0) is 37.6 Å². The highest BCUT2D eigenvalue weighted by atomic mass is 16.5. The fraction of sp³-hybridized carbons (Fsp3) is 0.364. The first-order valence-electron chi connectivity index (χ1n) is 9.57. The zero-order valence-electron chi connectivity index (χ0n) is 16.4. The standard InChI is InChI=1S/C22H26N2O4/c1-3-27-19-10-6-7-11-20(19)28-16-21(25)23-12-14-24(15-13-23)22(26)18-9-5-4-8-17(18)2/h4-11H,3,12-16H2,1-2H3. The molecule has 1 aliphatic heterocycles. The second-order valence-electron chi connectivity index (χ2n) is 6.66. The largest absolute Gasteiger partial charge is 0.490 e. The molecule has 3 rings (SSSR count). The van der Waals surface area contributed by atoms with E-state index in [1.807, 2.05) is 56.3 Å². The summed E-state index contributed by atoms with van der Waals surface area (Å²) in [7, 11) is 0. The van der Waals surface area contributed by atoms with Crippen molar-refractivity contribution in [3.8, 4) is 11.5 Å². The highest BCUT2D eigenvalue weighted by Gasteiger charge is 2.25. The van der Waals surface area contributed by atoms with Gasteiger partial charge >= 0.3 is 0 Å². The van der Waals surface area contributed by atoms with Crippen molar-refractivity contribution in [1.82, 2.24) is 9.80 Å². The maximum atomic E-state index is 12.7. The van der Waals surface area contributed by atoms with Gasteiger partial charge in [-0.1, -0.05) is 30.3 Å². The molecule has 2 aromatic rings. The average molecular weight is 382 g/mol. The number of piperazine rings is 1. The summed E-state index contributed by atoms with van der Waals surface area (Å²) in [5.41, 5.74) is 1.69. The first-order valence-corrected chi connectivity index (χ1v) is 9.57. The number of carbonyl (C=O) groups is 2. The van der Waals surface area contributed by atoms with Crippen molar-refractivity contribution < 1.29 is 19.1 Å². The third-order valence-corrected chi connectivity index (χ3v) is 4.80. The summed E-state index contributed by atoms with van der Waals surface area (Å²) in [5, 5.41) is 0. The molecule has 0 bridgehead atoms. The number of nitrogens with zero attached hydrogens (tertiary/aromatic N) is 2. The third-order valence-electron chi connectivity index (χ3n) is 4.80. The smallest absolute Gasteiger partial charge is 0.260 e. The Morgan fingerprint density at radius 2 is 1.43 bits per heavy atom. The van der Waals surface area contributed by atoms with Crippen molar-refractivity contribution in [2.75, 3.05) is 39.4 Å². The average Bonchev–Trinajstić information content (AvgIpc) is 2.73.